The second kappa shape index (κ2) is 3.71. The van der Waals surface area contributed by atoms with Crippen molar-refractivity contribution in [2.45, 2.75) is 32.3 Å². The minimum atomic E-state index is -0.415. The number of aromatic nitrogens is 1. The number of rotatable bonds is 2. The van der Waals surface area contributed by atoms with Crippen molar-refractivity contribution in [2.75, 3.05) is 6.54 Å². The van der Waals surface area contributed by atoms with Crippen molar-refractivity contribution < 1.29 is 9.63 Å². The third-order valence-corrected chi connectivity index (χ3v) is 2.92. The summed E-state index contributed by atoms with van der Waals surface area (Å²) >= 11 is 0. The largest absolute Gasteiger partial charge is 0.388 e. The van der Waals surface area contributed by atoms with Crippen molar-refractivity contribution in [2.24, 2.45) is 11.7 Å². The SMILES string of the molecule is Cc1noc2c1C(O)CC(CCN)C2. The van der Waals surface area contributed by atoms with Gasteiger partial charge in [-0.1, -0.05) is 5.16 Å². The van der Waals surface area contributed by atoms with Gasteiger partial charge < -0.3 is 15.4 Å². The Morgan fingerprint density at radius 3 is 3.14 bits per heavy atom. The maximum absolute atomic E-state index is 9.89. The van der Waals surface area contributed by atoms with Crippen LogP contribution in [0.15, 0.2) is 4.52 Å². The minimum Gasteiger partial charge on any atom is -0.388 e. The summed E-state index contributed by atoms with van der Waals surface area (Å²) < 4.78 is 5.18. The number of nitrogens with zero attached hydrogens (tertiary/aromatic N) is 1. The first-order chi connectivity index (χ1) is 6.72. The van der Waals surface area contributed by atoms with Crippen LogP contribution in [-0.4, -0.2) is 16.8 Å². The molecule has 14 heavy (non-hydrogen) atoms. The molecule has 0 saturated carbocycles. The third-order valence-electron chi connectivity index (χ3n) is 2.92. The van der Waals surface area contributed by atoms with Crippen LogP contribution in [0.3, 0.4) is 0 Å². The van der Waals surface area contributed by atoms with E-state index >= 15 is 0 Å². The van der Waals surface area contributed by atoms with E-state index < -0.39 is 6.10 Å². The number of fused-ring (bicyclic) bond motifs is 1. The molecule has 1 heterocycles. The molecule has 4 nitrogen and oxygen atoms in total. The fourth-order valence-electron chi connectivity index (χ4n) is 2.23. The summed E-state index contributed by atoms with van der Waals surface area (Å²) in [7, 11) is 0. The van der Waals surface area contributed by atoms with Gasteiger partial charge in [0.15, 0.2) is 0 Å². The molecule has 1 aromatic rings. The molecule has 0 aromatic carbocycles. The van der Waals surface area contributed by atoms with Crippen LogP contribution in [0.2, 0.25) is 0 Å². The van der Waals surface area contributed by atoms with E-state index in [-0.39, 0.29) is 0 Å². The highest BCUT2D eigenvalue weighted by Gasteiger charge is 2.30. The van der Waals surface area contributed by atoms with Crippen LogP contribution in [0.4, 0.5) is 0 Å². The van der Waals surface area contributed by atoms with Crippen molar-refractivity contribution >= 4 is 0 Å². The first-order valence-corrected chi connectivity index (χ1v) is 5.05. The summed E-state index contributed by atoms with van der Waals surface area (Å²) in [5, 5.41) is 13.8. The quantitative estimate of drug-likeness (QED) is 0.738. The highest BCUT2D eigenvalue weighted by Crippen LogP contribution is 2.36. The summed E-state index contributed by atoms with van der Waals surface area (Å²) in [6.07, 6.45) is 2.17. The Morgan fingerprint density at radius 1 is 1.64 bits per heavy atom. The smallest absolute Gasteiger partial charge is 0.143 e. The minimum absolute atomic E-state index is 0.415. The normalized spacial score (nSPS) is 26.2. The molecule has 2 atom stereocenters. The Morgan fingerprint density at radius 2 is 2.43 bits per heavy atom. The summed E-state index contributed by atoms with van der Waals surface area (Å²) in [5.74, 6) is 1.29. The molecule has 0 fully saturated rings. The summed E-state index contributed by atoms with van der Waals surface area (Å²) in [4.78, 5) is 0. The molecule has 3 N–H and O–H groups in total. The summed E-state index contributed by atoms with van der Waals surface area (Å²) in [6.45, 7) is 2.54. The molecule has 0 spiro atoms. The monoisotopic (exact) mass is 196 g/mol. The number of hydrogen-bond acceptors (Lipinski definition) is 4. The molecular weight excluding hydrogens is 180 g/mol. The molecule has 0 aliphatic heterocycles. The molecule has 78 valence electrons. The molecule has 2 unspecified atom stereocenters. The first-order valence-electron chi connectivity index (χ1n) is 5.05. The van der Waals surface area contributed by atoms with Gasteiger partial charge in [-0.3, -0.25) is 0 Å². The van der Waals surface area contributed by atoms with E-state index in [4.69, 9.17) is 10.3 Å². The molecule has 0 amide bonds. The third kappa shape index (κ3) is 1.55. The molecular formula is C10H16N2O2. The van der Waals surface area contributed by atoms with Gasteiger partial charge in [0, 0.05) is 12.0 Å². The van der Waals surface area contributed by atoms with Crippen molar-refractivity contribution in [3.05, 3.63) is 17.0 Å². The van der Waals surface area contributed by atoms with Gasteiger partial charge in [-0.2, -0.15) is 0 Å². The first kappa shape index (κ1) is 9.68. The zero-order valence-electron chi connectivity index (χ0n) is 8.36. The van der Waals surface area contributed by atoms with Crippen molar-refractivity contribution in [3.8, 4) is 0 Å². The van der Waals surface area contributed by atoms with Gasteiger partial charge in [0.05, 0.1) is 11.8 Å². The number of aryl methyl sites for hydroxylation is 1. The lowest BCUT2D eigenvalue weighted by molar-refractivity contribution is 0.123. The van der Waals surface area contributed by atoms with Crippen molar-refractivity contribution in [1.29, 1.82) is 0 Å². The predicted molar refractivity (Wildman–Crippen MR) is 51.7 cm³/mol. The molecule has 0 saturated heterocycles. The number of nitrogens with two attached hydrogens (primary N) is 1. The lowest BCUT2D eigenvalue weighted by Crippen LogP contribution is -2.20. The van der Waals surface area contributed by atoms with Gasteiger partial charge in [0.2, 0.25) is 0 Å². The van der Waals surface area contributed by atoms with Crippen molar-refractivity contribution in [3.63, 3.8) is 0 Å². The Hall–Kier alpha value is -0.870. The van der Waals surface area contributed by atoms with Crippen LogP contribution in [0.25, 0.3) is 0 Å². The maximum atomic E-state index is 9.89. The number of aliphatic hydroxyl groups is 1. The van der Waals surface area contributed by atoms with Crippen LogP contribution >= 0.6 is 0 Å². The molecule has 1 aromatic heterocycles. The van der Waals surface area contributed by atoms with E-state index in [1.165, 1.54) is 0 Å². The topological polar surface area (TPSA) is 72.3 Å². The van der Waals surface area contributed by atoms with E-state index in [1.54, 1.807) is 0 Å². The van der Waals surface area contributed by atoms with E-state index in [0.29, 0.717) is 12.5 Å². The average molecular weight is 196 g/mol. The Kier molecular flexibility index (Phi) is 2.56. The highest BCUT2D eigenvalue weighted by atomic mass is 16.5. The zero-order valence-corrected chi connectivity index (χ0v) is 8.36. The van der Waals surface area contributed by atoms with Gasteiger partial charge in [-0.15, -0.1) is 0 Å². The van der Waals surface area contributed by atoms with Gasteiger partial charge in [0.1, 0.15) is 5.76 Å². The highest BCUT2D eigenvalue weighted by molar-refractivity contribution is 5.27. The molecule has 0 radical (unpaired) electrons. The number of hydrogen-bond donors (Lipinski definition) is 2. The summed E-state index contributed by atoms with van der Waals surface area (Å²) in [5.41, 5.74) is 7.22. The second-order valence-corrected chi connectivity index (χ2v) is 4.00. The van der Waals surface area contributed by atoms with E-state index in [1.807, 2.05) is 6.92 Å². The molecule has 2 rings (SSSR count). The fraction of sp³-hybridized carbons (Fsp3) is 0.700. The van der Waals surface area contributed by atoms with E-state index in [0.717, 1.165) is 36.3 Å². The van der Waals surface area contributed by atoms with Crippen LogP contribution in [-0.2, 0) is 6.42 Å². The Bertz CT molecular complexity index is 322. The van der Waals surface area contributed by atoms with Crippen LogP contribution < -0.4 is 5.73 Å². The summed E-state index contributed by atoms with van der Waals surface area (Å²) in [6, 6.07) is 0. The second-order valence-electron chi connectivity index (χ2n) is 4.00. The van der Waals surface area contributed by atoms with Crippen LogP contribution in [0.5, 0.6) is 0 Å². The van der Waals surface area contributed by atoms with Gasteiger partial charge in [-0.25, -0.2) is 0 Å². The van der Waals surface area contributed by atoms with Gasteiger partial charge >= 0.3 is 0 Å². The lowest BCUT2D eigenvalue weighted by Gasteiger charge is -2.24. The fourth-order valence-corrected chi connectivity index (χ4v) is 2.23. The average Bonchev–Trinajstić information content (AvgIpc) is 2.48. The molecule has 0 bridgehead atoms. The lowest BCUT2D eigenvalue weighted by atomic mass is 9.83. The maximum Gasteiger partial charge on any atom is 0.143 e. The standard InChI is InChI=1S/C10H16N2O2/c1-6-10-8(13)4-7(2-3-11)5-9(10)14-12-6/h7-8,13H,2-5,11H2,1H3. The van der Waals surface area contributed by atoms with Gasteiger partial charge in [0.25, 0.3) is 0 Å². The Balaban J connectivity index is 2.21. The molecule has 4 heteroatoms. The predicted octanol–water partition coefficient (Wildman–Crippen LogP) is 0.928. The van der Waals surface area contributed by atoms with Gasteiger partial charge in [-0.05, 0) is 32.2 Å². The van der Waals surface area contributed by atoms with E-state index in [2.05, 4.69) is 5.16 Å². The van der Waals surface area contributed by atoms with Crippen LogP contribution in [0, 0.1) is 12.8 Å². The zero-order chi connectivity index (χ0) is 10.1. The molecule has 1 aliphatic carbocycles. The molecule has 1 aliphatic rings. The van der Waals surface area contributed by atoms with Crippen LogP contribution in [0.1, 0.15) is 36.0 Å². The number of aliphatic hydroxyl groups excluding tert-OH is 1. The Labute approximate surface area is 83.1 Å². The van der Waals surface area contributed by atoms with E-state index in [9.17, 15) is 5.11 Å². The van der Waals surface area contributed by atoms with Crippen molar-refractivity contribution in [1.82, 2.24) is 5.16 Å².